The Balaban J connectivity index is 1.56. The summed E-state index contributed by atoms with van der Waals surface area (Å²) < 4.78 is 35.0. The maximum atomic E-state index is 12.9. The van der Waals surface area contributed by atoms with Crippen LogP contribution in [0.5, 0.6) is 5.75 Å². The zero-order valence-electron chi connectivity index (χ0n) is 23.9. The molecular formula is C32H37N3O5S. The zero-order chi connectivity index (χ0) is 29.6. The average Bonchev–Trinajstić information content (AvgIpc) is 3.27. The molecule has 41 heavy (non-hydrogen) atoms. The topological polar surface area (TPSA) is 106 Å². The number of rotatable bonds is 12. The summed E-state index contributed by atoms with van der Waals surface area (Å²) in [5, 5.41) is 4.11. The van der Waals surface area contributed by atoms with Gasteiger partial charge in [-0.05, 0) is 66.4 Å². The summed E-state index contributed by atoms with van der Waals surface area (Å²) in [4.78, 5) is 25.7. The van der Waals surface area contributed by atoms with Crippen molar-refractivity contribution in [1.82, 2.24) is 9.29 Å². The Kier molecular flexibility index (Phi) is 9.50. The first-order chi connectivity index (χ1) is 19.7. The average molecular weight is 576 g/mol. The molecule has 4 rings (SSSR count). The van der Waals surface area contributed by atoms with E-state index >= 15 is 0 Å². The van der Waals surface area contributed by atoms with Gasteiger partial charge in [0.1, 0.15) is 5.75 Å². The molecule has 1 heterocycles. The lowest BCUT2D eigenvalue weighted by Gasteiger charge is -2.15. The highest BCUT2D eigenvalue weighted by atomic mass is 32.2. The van der Waals surface area contributed by atoms with Gasteiger partial charge in [0, 0.05) is 47.7 Å². The lowest BCUT2D eigenvalue weighted by molar-refractivity contribution is -0.120. The van der Waals surface area contributed by atoms with Gasteiger partial charge in [0.2, 0.25) is 5.91 Å². The van der Waals surface area contributed by atoms with Gasteiger partial charge >= 0.3 is 0 Å². The Hall–Kier alpha value is -4.11. The SMILES string of the molecule is CCCCC(CC)C(=O)Nc1ccc2c(c1)c(Cc1ccc(C(=O)NS(=O)(=O)c3ccccc3)cc1OC)cn2C. The summed E-state index contributed by atoms with van der Waals surface area (Å²) in [7, 11) is -0.519. The summed E-state index contributed by atoms with van der Waals surface area (Å²) in [5.41, 5.74) is 3.81. The third kappa shape index (κ3) is 6.97. The predicted molar refractivity (Wildman–Crippen MR) is 162 cm³/mol. The summed E-state index contributed by atoms with van der Waals surface area (Å²) in [5.74, 6) is -0.238. The molecule has 0 bridgehead atoms. The number of methoxy groups -OCH3 is 1. The van der Waals surface area contributed by atoms with Crippen molar-refractivity contribution in [1.29, 1.82) is 0 Å². The van der Waals surface area contributed by atoms with Crippen LogP contribution in [0.15, 0.2) is 77.8 Å². The van der Waals surface area contributed by atoms with Crippen molar-refractivity contribution in [3.05, 3.63) is 89.6 Å². The van der Waals surface area contributed by atoms with Crippen LogP contribution in [0.3, 0.4) is 0 Å². The number of sulfonamides is 1. The second-order valence-electron chi connectivity index (χ2n) is 10.2. The summed E-state index contributed by atoms with van der Waals surface area (Å²) >= 11 is 0. The van der Waals surface area contributed by atoms with Gasteiger partial charge in [-0.1, -0.05) is 51.0 Å². The minimum absolute atomic E-state index is 0.00891. The number of amides is 2. The number of carbonyl (C=O) groups is 2. The van der Waals surface area contributed by atoms with E-state index in [1.165, 1.54) is 19.2 Å². The third-order valence-corrected chi connectivity index (χ3v) is 8.67. The van der Waals surface area contributed by atoms with Gasteiger partial charge < -0.3 is 14.6 Å². The van der Waals surface area contributed by atoms with Crippen LogP contribution in [0.25, 0.3) is 10.9 Å². The molecular weight excluding hydrogens is 538 g/mol. The fourth-order valence-electron chi connectivity index (χ4n) is 4.98. The van der Waals surface area contributed by atoms with Crippen LogP contribution in [-0.4, -0.2) is 31.9 Å². The number of aromatic nitrogens is 1. The smallest absolute Gasteiger partial charge is 0.265 e. The number of nitrogens with zero attached hydrogens (tertiary/aromatic N) is 1. The molecule has 8 nitrogen and oxygen atoms in total. The van der Waals surface area contributed by atoms with E-state index in [4.69, 9.17) is 4.74 Å². The first-order valence-corrected chi connectivity index (χ1v) is 15.3. The van der Waals surface area contributed by atoms with E-state index in [1.54, 1.807) is 36.4 Å². The molecule has 1 atom stereocenters. The molecule has 0 aliphatic heterocycles. The highest BCUT2D eigenvalue weighted by molar-refractivity contribution is 7.90. The fraction of sp³-hybridized carbons (Fsp3) is 0.312. The van der Waals surface area contributed by atoms with Gasteiger partial charge in [-0.25, -0.2) is 13.1 Å². The van der Waals surface area contributed by atoms with E-state index in [-0.39, 0.29) is 22.3 Å². The van der Waals surface area contributed by atoms with Gasteiger partial charge in [0.25, 0.3) is 15.9 Å². The monoisotopic (exact) mass is 575 g/mol. The highest BCUT2D eigenvalue weighted by Crippen LogP contribution is 2.30. The first kappa shape index (κ1) is 29.9. The Labute approximate surface area is 241 Å². The van der Waals surface area contributed by atoms with Crippen molar-refractivity contribution >= 4 is 38.4 Å². The van der Waals surface area contributed by atoms with Gasteiger partial charge in [0.15, 0.2) is 0 Å². The highest BCUT2D eigenvalue weighted by Gasteiger charge is 2.21. The number of ether oxygens (including phenoxy) is 1. The molecule has 2 amide bonds. The Bertz CT molecular complexity index is 1640. The second kappa shape index (κ2) is 13.0. The molecule has 4 aromatic rings. The number of aryl methyl sites for hydroxylation is 1. The summed E-state index contributed by atoms with van der Waals surface area (Å²) in [6.45, 7) is 4.17. The van der Waals surface area contributed by atoms with E-state index in [2.05, 4.69) is 17.0 Å². The van der Waals surface area contributed by atoms with Gasteiger partial charge in [-0.3, -0.25) is 9.59 Å². The van der Waals surface area contributed by atoms with E-state index in [9.17, 15) is 18.0 Å². The van der Waals surface area contributed by atoms with Crippen LogP contribution < -0.4 is 14.8 Å². The standard InChI is InChI=1S/C32H37N3O5S/c1-5-7-11-22(6-2)31(36)33-26-16-17-29-28(20-26)25(21-35(29)3)18-23-14-15-24(19-30(23)40-4)32(37)34-41(38,39)27-12-9-8-10-13-27/h8-10,12-17,19-22H,5-7,11,18H2,1-4H3,(H,33,36)(H,34,37). The first-order valence-electron chi connectivity index (χ1n) is 13.8. The number of hydrogen-bond acceptors (Lipinski definition) is 5. The van der Waals surface area contributed by atoms with Crippen LogP contribution in [0.2, 0.25) is 0 Å². The second-order valence-corrected chi connectivity index (χ2v) is 11.9. The molecule has 0 fully saturated rings. The number of nitrogens with one attached hydrogen (secondary N) is 2. The quantitative estimate of drug-likeness (QED) is 0.214. The lowest BCUT2D eigenvalue weighted by Crippen LogP contribution is -2.30. The molecule has 3 aromatic carbocycles. The minimum atomic E-state index is -4.01. The fourth-order valence-corrected chi connectivity index (χ4v) is 5.98. The molecule has 0 saturated heterocycles. The normalized spacial score (nSPS) is 12.2. The Morgan fingerprint density at radius 2 is 1.73 bits per heavy atom. The molecule has 0 saturated carbocycles. The van der Waals surface area contributed by atoms with Crippen molar-refractivity contribution in [3.63, 3.8) is 0 Å². The maximum absolute atomic E-state index is 12.9. The van der Waals surface area contributed by atoms with Crippen molar-refractivity contribution in [2.24, 2.45) is 13.0 Å². The van der Waals surface area contributed by atoms with Gasteiger partial charge in [-0.15, -0.1) is 0 Å². The van der Waals surface area contributed by atoms with Gasteiger partial charge in [-0.2, -0.15) is 0 Å². The number of hydrogen-bond donors (Lipinski definition) is 2. The van der Waals surface area contributed by atoms with Gasteiger partial charge in [0.05, 0.1) is 12.0 Å². The van der Waals surface area contributed by atoms with E-state index in [1.807, 2.05) is 42.9 Å². The van der Waals surface area contributed by atoms with Crippen LogP contribution in [0, 0.1) is 5.92 Å². The van der Waals surface area contributed by atoms with Crippen LogP contribution >= 0.6 is 0 Å². The molecule has 1 aromatic heterocycles. The third-order valence-electron chi connectivity index (χ3n) is 7.32. The van der Waals surface area contributed by atoms with E-state index < -0.39 is 15.9 Å². The molecule has 0 aliphatic carbocycles. The number of anilines is 1. The predicted octanol–water partition coefficient (Wildman–Crippen LogP) is 6.05. The molecule has 0 spiro atoms. The van der Waals surface area contributed by atoms with E-state index in [0.29, 0.717) is 12.2 Å². The number of carbonyl (C=O) groups excluding carboxylic acids is 2. The Morgan fingerprint density at radius 3 is 2.41 bits per heavy atom. The van der Waals surface area contributed by atoms with Crippen molar-refractivity contribution in [3.8, 4) is 5.75 Å². The minimum Gasteiger partial charge on any atom is -0.496 e. The van der Waals surface area contributed by atoms with Crippen molar-refractivity contribution in [2.75, 3.05) is 12.4 Å². The van der Waals surface area contributed by atoms with Crippen molar-refractivity contribution in [2.45, 2.75) is 50.8 Å². The lowest BCUT2D eigenvalue weighted by atomic mass is 9.98. The van der Waals surface area contributed by atoms with Crippen molar-refractivity contribution < 1.29 is 22.7 Å². The number of benzene rings is 3. The largest absolute Gasteiger partial charge is 0.496 e. The van der Waals surface area contributed by atoms with Crippen LogP contribution in [0.4, 0.5) is 5.69 Å². The molecule has 9 heteroatoms. The molecule has 0 aliphatic rings. The maximum Gasteiger partial charge on any atom is 0.265 e. The summed E-state index contributed by atoms with van der Waals surface area (Å²) in [6.07, 6.45) is 6.32. The summed E-state index contributed by atoms with van der Waals surface area (Å²) in [6, 6.07) is 18.6. The zero-order valence-corrected chi connectivity index (χ0v) is 24.8. The number of unbranched alkanes of at least 4 members (excludes halogenated alkanes) is 1. The number of fused-ring (bicyclic) bond motifs is 1. The van der Waals surface area contributed by atoms with Crippen LogP contribution in [-0.2, 0) is 28.3 Å². The molecule has 2 N–H and O–H groups in total. The Morgan fingerprint density at radius 1 is 0.976 bits per heavy atom. The van der Waals surface area contributed by atoms with E-state index in [0.717, 1.165) is 53.4 Å². The molecule has 1 unspecified atom stereocenters. The van der Waals surface area contributed by atoms with Crippen LogP contribution in [0.1, 0.15) is 61.0 Å². The molecule has 0 radical (unpaired) electrons. The molecule has 216 valence electrons.